The number of methoxy groups -OCH3 is 1. The van der Waals surface area contributed by atoms with Gasteiger partial charge < -0.3 is 19.4 Å². The van der Waals surface area contributed by atoms with Crippen LogP contribution in [0.5, 0.6) is 17.4 Å². The normalized spacial score (nSPS) is 10.8. The Kier molecular flexibility index (Phi) is 7.18. The SMILES string of the molecule is COc1ccc(Cn2cnc3c(Oc4ccc(-c5ccncc5)cc4)nc(Nc4c(C)cc(C#N)cc4C)nc32)cc1. The molecule has 0 aliphatic heterocycles. The first kappa shape index (κ1) is 26.5. The highest BCUT2D eigenvalue weighted by atomic mass is 16.5. The molecule has 6 aromatic rings. The lowest BCUT2D eigenvalue weighted by Crippen LogP contribution is -2.05. The number of hydrogen-bond donors (Lipinski definition) is 1. The van der Waals surface area contributed by atoms with E-state index in [1.807, 2.05) is 91.2 Å². The molecule has 9 heteroatoms. The molecule has 3 aromatic heterocycles. The summed E-state index contributed by atoms with van der Waals surface area (Å²) in [6.45, 7) is 4.45. The number of aromatic nitrogens is 5. The molecule has 3 aromatic carbocycles. The lowest BCUT2D eigenvalue weighted by atomic mass is 10.1. The minimum atomic E-state index is 0.330. The standard InChI is InChI=1S/C33H27N7O2/c1-21-16-24(18-34)17-22(2)29(21)37-33-38-31-30(36-20-40(31)19-23-4-8-27(41-3)9-5-23)32(39-33)42-28-10-6-25(7-11-28)26-12-14-35-15-13-26/h4-17,20H,19H2,1-3H3,(H,37,38,39). The third-order valence-electron chi connectivity index (χ3n) is 6.92. The van der Waals surface area contributed by atoms with Gasteiger partial charge in [-0.3, -0.25) is 4.98 Å². The number of ether oxygens (including phenoxy) is 2. The van der Waals surface area contributed by atoms with E-state index >= 15 is 0 Å². The molecule has 206 valence electrons. The fourth-order valence-corrected chi connectivity index (χ4v) is 4.80. The number of nitriles is 1. The molecule has 0 saturated carbocycles. The van der Waals surface area contributed by atoms with Gasteiger partial charge in [0.2, 0.25) is 5.95 Å². The van der Waals surface area contributed by atoms with Crippen LogP contribution in [-0.4, -0.2) is 31.6 Å². The van der Waals surface area contributed by atoms with Crippen LogP contribution in [0.25, 0.3) is 22.3 Å². The van der Waals surface area contributed by atoms with Gasteiger partial charge in [-0.1, -0.05) is 24.3 Å². The van der Waals surface area contributed by atoms with E-state index in [-0.39, 0.29) is 0 Å². The number of benzene rings is 3. The van der Waals surface area contributed by atoms with Crippen molar-refractivity contribution >= 4 is 22.8 Å². The van der Waals surface area contributed by atoms with E-state index in [0.29, 0.717) is 40.8 Å². The van der Waals surface area contributed by atoms with Gasteiger partial charge in [0.05, 0.1) is 31.6 Å². The molecule has 0 fully saturated rings. The molecule has 3 heterocycles. The van der Waals surface area contributed by atoms with Crippen molar-refractivity contribution in [3.8, 4) is 34.6 Å². The van der Waals surface area contributed by atoms with Crippen LogP contribution in [0, 0.1) is 25.2 Å². The maximum atomic E-state index is 9.37. The Morgan fingerprint density at radius 3 is 2.19 bits per heavy atom. The Balaban J connectivity index is 1.38. The molecule has 9 nitrogen and oxygen atoms in total. The summed E-state index contributed by atoms with van der Waals surface area (Å²) in [5.74, 6) is 2.10. The lowest BCUT2D eigenvalue weighted by Gasteiger charge is -2.14. The van der Waals surface area contributed by atoms with Crippen LogP contribution in [0.2, 0.25) is 0 Å². The van der Waals surface area contributed by atoms with Crippen LogP contribution in [0.4, 0.5) is 11.6 Å². The first-order chi connectivity index (χ1) is 20.5. The second kappa shape index (κ2) is 11.4. The van der Waals surface area contributed by atoms with Gasteiger partial charge in [0.15, 0.2) is 11.2 Å². The highest BCUT2D eigenvalue weighted by molar-refractivity contribution is 5.79. The molecule has 0 aliphatic rings. The number of hydrogen-bond acceptors (Lipinski definition) is 8. The van der Waals surface area contributed by atoms with Gasteiger partial charge >= 0.3 is 0 Å². The molecule has 0 radical (unpaired) electrons. The molecule has 0 atom stereocenters. The number of rotatable bonds is 8. The van der Waals surface area contributed by atoms with Crippen molar-refractivity contribution in [3.05, 3.63) is 114 Å². The zero-order valence-electron chi connectivity index (χ0n) is 23.4. The maximum absolute atomic E-state index is 9.37. The average Bonchev–Trinajstić information content (AvgIpc) is 3.42. The average molecular weight is 554 g/mol. The van der Waals surface area contributed by atoms with Crippen molar-refractivity contribution in [1.82, 2.24) is 24.5 Å². The van der Waals surface area contributed by atoms with Crippen LogP contribution in [0.3, 0.4) is 0 Å². The Bertz CT molecular complexity index is 1890. The minimum Gasteiger partial charge on any atom is -0.497 e. The Morgan fingerprint density at radius 1 is 0.857 bits per heavy atom. The lowest BCUT2D eigenvalue weighted by molar-refractivity contribution is 0.414. The molecule has 42 heavy (non-hydrogen) atoms. The third kappa shape index (κ3) is 5.46. The second-order valence-corrected chi connectivity index (χ2v) is 9.83. The maximum Gasteiger partial charge on any atom is 0.252 e. The Labute approximate surface area is 243 Å². The second-order valence-electron chi connectivity index (χ2n) is 9.83. The Morgan fingerprint density at radius 2 is 1.52 bits per heavy atom. The number of imidazole rings is 1. The highest BCUT2D eigenvalue weighted by Gasteiger charge is 2.17. The van der Waals surface area contributed by atoms with Crippen LogP contribution >= 0.6 is 0 Å². The number of fused-ring (bicyclic) bond motifs is 1. The molecular formula is C33H27N7O2. The van der Waals surface area contributed by atoms with Gasteiger partial charge in [-0.25, -0.2) is 4.98 Å². The highest BCUT2D eigenvalue weighted by Crippen LogP contribution is 2.32. The molecule has 6 rings (SSSR count). The molecule has 0 saturated heterocycles. The molecule has 0 bridgehead atoms. The molecule has 1 N–H and O–H groups in total. The van der Waals surface area contributed by atoms with Crippen molar-refractivity contribution in [1.29, 1.82) is 5.26 Å². The van der Waals surface area contributed by atoms with Crippen molar-refractivity contribution < 1.29 is 9.47 Å². The summed E-state index contributed by atoms with van der Waals surface area (Å²) in [7, 11) is 1.65. The summed E-state index contributed by atoms with van der Waals surface area (Å²) < 4.78 is 13.6. The van der Waals surface area contributed by atoms with E-state index < -0.39 is 0 Å². The summed E-state index contributed by atoms with van der Waals surface area (Å²) in [5.41, 5.74) is 7.61. The molecular weight excluding hydrogens is 526 g/mol. The van der Waals surface area contributed by atoms with Crippen molar-refractivity contribution in [3.63, 3.8) is 0 Å². The quantitative estimate of drug-likeness (QED) is 0.215. The largest absolute Gasteiger partial charge is 0.497 e. The molecule has 0 spiro atoms. The van der Waals surface area contributed by atoms with Crippen LogP contribution in [0.1, 0.15) is 22.3 Å². The molecule has 0 aliphatic carbocycles. The third-order valence-corrected chi connectivity index (χ3v) is 6.92. The van der Waals surface area contributed by atoms with E-state index in [9.17, 15) is 5.26 Å². The van der Waals surface area contributed by atoms with Gasteiger partial charge in [0.1, 0.15) is 11.5 Å². The smallest absolute Gasteiger partial charge is 0.252 e. The van der Waals surface area contributed by atoms with E-state index in [1.54, 1.807) is 25.8 Å². The first-order valence-corrected chi connectivity index (χ1v) is 13.3. The summed E-state index contributed by atoms with van der Waals surface area (Å²) >= 11 is 0. The number of aryl methyl sites for hydroxylation is 2. The monoisotopic (exact) mass is 553 g/mol. The van der Waals surface area contributed by atoms with Gasteiger partial charge in [0.25, 0.3) is 5.88 Å². The van der Waals surface area contributed by atoms with Gasteiger partial charge in [-0.05, 0) is 90.2 Å². The van der Waals surface area contributed by atoms with Crippen LogP contribution < -0.4 is 14.8 Å². The van der Waals surface area contributed by atoms with E-state index in [4.69, 9.17) is 19.4 Å². The predicted molar refractivity (Wildman–Crippen MR) is 161 cm³/mol. The number of nitrogens with zero attached hydrogens (tertiary/aromatic N) is 6. The minimum absolute atomic E-state index is 0.330. The zero-order chi connectivity index (χ0) is 29.1. The summed E-state index contributed by atoms with van der Waals surface area (Å²) in [4.78, 5) is 18.3. The molecule has 0 amide bonds. The first-order valence-electron chi connectivity index (χ1n) is 13.3. The van der Waals surface area contributed by atoms with Gasteiger partial charge in [-0.2, -0.15) is 15.2 Å². The van der Waals surface area contributed by atoms with Crippen molar-refractivity contribution in [2.75, 3.05) is 12.4 Å². The number of anilines is 2. The van der Waals surface area contributed by atoms with Gasteiger partial charge in [-0.15, -0.1) is 0 Å². The van der Waals surface area contributed by atoms with Crippen molar-refractivity contribution in [2.45, 2.75) is 20.4 Å². The fraction of sp³-hybridized carbons (Fsp3) is 0.121. The summed E-state index contributed by atoms with van der Waals surface area (Å²) in [6.07, 6.45) is 5.28. The fourth-order valence-electron chi connectivity index (χ4n) is 4.80. The van der Waals surface area contributed by atoms with E-state index in [0.717, 1.165) is 39.3 Å². The zero-order valence-corrected chi connectivity index (χ0v) is 23.4. The van der Waals surface area contributed by atoms with Gasteiger partial charge in [0, 0.05) is 18.1 Å². The number of pyridine rings is 1. The summed E-state index contributed by atoms with van der Waals surface area (Å²) in [5, 5.41) is 12.7. The van der Waals surface area contributed by atoms with E-state index in [2.05, 4.69) is 21.4 Å². The topological polar surface area (TPSA) is 111 Å². The number of nitrogens with one attached hydrogen (secondary N) is 1. The van der Waals surface area contributed by atoms with Crippen molar-refractivity contribution in [2.24, 2.45) is 0 Å². The molecule has 0 unspecified atom stereocenters. The summed E-state index contributed by atoms with van der Waals surface area (Å²) in [6, 6.07) is 25.5. The van der Waals surface area contributed by atoms with Crippen LogP contribution in [0.15, 0.2) is 91.5 Å². The van der Waals surface area contributed by atoms with Crippen LogP contribution in [-0.2, 0) is 6.54 Å². The Hall–Kier alpha value is -5.75. The van der Waals surface area contributed by atoms with E-state index in [1.165, 1.54) is 0 Å². The predicted octanol–water partition coefficient (Wildman–Crippen LogP) is 6.97.